The van der Waals surface area contributed by atoms with E-state index in [-0.39, 0.29) is 0 Å². The van der Waals surface area contributed by atoms with E-state index in [0.29, 0.717) is 5.69 Å². The number of rotatable bonds is 1. The molecule has 0 aliphatic carbocycles. The van der Waals surface area contributed by atoms with Gasteiger partial charge in [-0.1, -0.05) is 53.8 Å². The fourth-order valence-corrected chi connectivity index (χ4v) is 2.22. The van der Waals surface area contributed by atoms with Crippen molar-refractivity contribution in [3.63, 3.8) is 0 Å². The highest BCUT2D eigenvalue weighted by atomic mass is 16.3. The van der Waals surface area contributed by atoms with Crippen LogP contribution in [0.4, 0.5) is 5.69 Å². The number of aliphatic hydroxyl groups is 1. The second-order valence-electron chi connectivity index (χ2n) is 4.27. The van der Waals surface area contributed by atoms with Crippen molar-refractivity contribution in [3.05, 3.63) is 65.7 Å². The standard InChI is InChI=1S/C14H13N3O/c1-17-14(18,11-7-3-2-4-8-11)12-9-5-6-10-13(12)15-16-17/h2-10,18H,1H3. The van der Waals surface area contributed by atoms with Gasteiger partial charge >= 0.3 is 0 Å². The lowest BCUT2D eigenvalue weighted by molar-refractivity contribution is -0.0736. The third kappa shape index (κ3) is 1.43. The molecule has 0 amide bonds. The van der Waals surface area contributed by atoms with Crippen molar-refractivity contribution in [1.29, 1.82) is 0 Å². The zero-order valence-electron chi connectivity index (χ0n) is 9.99. The maximum absolute atomic E-state index is 11.0. The molecule has 0 spiro atoms. The molecular formula is C14H13N3O. The van der Waals surface area contributed by atoms with Gasteiger partial charge in [0.05, 0.1) is 5.69 Å². The van der Waals surface area contributed by atoms with Crippen LogP contribution in [0.15, 0.2) is 64.9 Å². The Morgan fingerprint density at radius 3 is 2.44 bits per heavy atom. The summed E-state index contributed by atoms with van der Waals surface area (Å²) < 4.78 is 0. The highest BCUT2D eigenvalue weighted by Crippen LogP contribution is 2.41. The van der Waals surface area contributed by atoms with Crippen molar-refractivity contribution >= 4 is 5.69 Å². The maximum Gasteiger partial charge on any atom is 0.209 e. The second kappa shape index (κ2) is 3.92. The van der Waals surface area contributed by atoms with Crippen molar-refractivity contribution in [2.75, 3.05) is 7.05 Å². The number of nitrogens with zero attached hydrogens (tertiary/aromatic N) is 3. The number of hydrogen-bond acceptors (Lipinski definition) is 4. The first kappa shape index (κ1) is 10.9. The molecule has 1 aliphatic heterocycles. The van der Waals surface area contributed by atoms with Crippen LogP contribution in [0, 0.1) is 0 Å². The smallest absolute Gasteiger partial charge is 0.209 e. The molecule has 4 heteroatoms. The fourth-order valence-electron chi connectivity index (χ4n) is 2.22. The summed E-state index contributed by atoms with van der Waals surface area (Å²) in [4.78, 5) is 0. The summed E-state index contributed by atoms with van der Waals surface area (Å²) in [5, 5.41) is 20.6. The predicted molar refractivity (Wildman–Crippen MR) is 68.2 cm³/mol. The van der Waals surface area contributed by atoms with Gasteiger partial charge in [0.25, 0.3) is 0 Å². The molecular weight excluding hydrogens is 226 g/mol. The number of hydrogen-bond donors (Lipinski definition) is 1. The highest BCUT2D eigenvalue weighted by Gasteiger charge is 2.40. The van der Waals surface area contributed by atoms with Gasteiger partial charge < -0.3 is 5.11 Å². The molecule has 4 nitrogen and oxygen atoms in total. The molecule has 1 heterocycles. The summed E-state index contributed by atoms with van der Waals surface area (Å²) in [5.41, 5.74) is 0.953. The van der Waals surface area contributed by atoms with Crippen LogP contribution in [0.5, 0.6) is 0 Å². The van der Waals surface area contributed by atoms with Crippen molar-refractivity contribution in [2.45, 2.75) is 5.72 Å². The molecule has 3 rings (SSSR count). The summed E-state index contributed by atoms with van der Waals surface area (Å²) >= 11 is 0. The SMILES string of the molecule is CN1N=Nc2ccccc2C1(O)c1ccccc1. The van der Waals surface area contributed by atoms with Gasteiger partial charge in [0.15, 0.2) is 0 Å². The Balaban J connectivity index is 2.24. The first-order chi connectivity index (χ1) is 8.73. The zero-order chi connectivity index (χ0) is 12.6. The first-order valence-corrected chi connectivity index (χ1v) is 5.76. The van der Waals surface area contributed by atoms with E-state index in [1.807, 2.05) is 54.6 Å². The van der Waals surface area contributed by atoms with E-state index in [4.69, 9.17) is 0 Å². The molecule has 1 unspecified atom stereocenters. The van der Waals surface area contributed by atoms with E-state index in [0.717, 1.165) is 11.1 Å². The molecule has 0 saturated carbocycles. The van der Waals surface area contributed by atoms with Crippen LogP contribution < -0.4 is 0 Å². The zero-order valence-corrected chi connectivity index (χ0v) is 9.99. The van der Waals surface area contributed by atoms with Gasteiger partial charge in [0, 0.05) is 18.2 Å². The molecule has 0 fully saturated rings. The number of fused-ring (bicyclic) bond motifs is 1. The normalized spacial score (nSPS) is 21.8. The van der Waals surface area contributed by atoms with Crippen LogP contribution in [-0.4, -0.2) is 17.2 Å². The molecule has 0 aromatic heterocycles. The second-order valence-corrected chi connectivity index (χ2v) is 4.27. The maximum atomic E-state index is 11.0. The average Bonchev–Trinajstić information content (AvgIpc) is 2.44. The Morgan fingerprint density at radius 2 is 1.67 bits per heavy atom. The minimum Gasteiger partial charge on any atom is -0.362 e. The summed E-state index contributed by atoms with van der Waals surface area (Å²) in [7, 11) is 1.71. The molecule has 2 aromatic carbocycles. The Bertz CT molecular complexity index is 597. The lowest BCUT2D eigenvalue weighted by atomic mass is 9.92. The molecule has 0 radical (unpaired) electrons. The van der Waals surface area contributed by atoms with E-state index >= 15 is 0 Å². The molecule has 1 atom stereocenters. The predicted octanol–water partition coefficient (Wildman–Crippen LogP) is 2.82. The van der Waals surface area contributed by atoms with Crippen LogP contribution in [0.2, 0.25) is 0 Å². The Morgan fingerprint density at radius 1 is 1.00 bits per heavy atom. The number of benzene rings is 2. The monoisotopic (exact) mass is 239 g/mol. The Kier molecular flexibility index (Phi) is 2.38. The van der Waals surface area contributed by atoms with Crippen molar-refractivity contribution in [3.8, 4) is 0 Å². The van der Waals surface area contributed by atoms with E-state index in [1.54, 1.807) is 7.05 Å². The molecule has 1 N–H and O–H groups in total. The summed E-state index contributed by atoms with van der Waals surface area (Å²) in [5.74, 6) is 0. The largest absolute Gasteiger partial charge is 0.362 e. The van der Waals surface area contributed by atoms with Crippen LogP contribution in [0.1, 0.15) is 11.1 Å². The molecule has 2 aromatic rings. The van der Waals surface area contributed by atoms with E-state index in [1.165, 1.54) is 5.01 Å². The summed E-state index contributed by atoms with van der Waals surface area (Å²) in [6.45, 7) is 0. The lowest BCUT2D eigenvalue weighted by Gasteiger charge is -2.37. The van der Waals surface area contributed by atoms with E-state index in [9.17, 15) is 5.11 Å². The summed E-state index contributed by atoms with van der Waals surface area (Å²) in [6, 6.07) is 17.0. The van der Waals surface area contributed by atoms with Crippen molar-refractivity contribution < 1.29 is 5.11 Å². The highest BCUT2D eigenvalue weighted by molar-refractivity contribution is 5.53. The minimum atomic E-state index is -1.26. The van der Waals surface area contributed by atoms with Gasteiger partial charge in [-0.2, -0.15) is 0 Å². The van der Waals surface area contributed by atoms with Crippen LogP contribution in [0.3, 0.4) is 0 Å². The van der Waals surface area contributed by atoms with E-state index < -0.39 is 5.72 Å². The lowest BCUT2D eigenvalue weighted by Crippen LogP contribution is -2.42. The van der Waals surface area contributed by atoms with Crippen LogP contribution >= 0.6 is 0 Å². The molecule has 0 bridgehead atoms. The van der Waals surface area contributed by atoms with Gasteiger partial charge in [-0.05, 0) is 6.07 Å². The first-order valence-electron chi connectivity index (χ1n) is 5.76. The van der Waals surface area contributed by atoms with Crippen LogP contribution in [-0.2, 0) is 5.72 Å². The fraction of sp³-hybridized carbons (Fsp3) is 0.143. The third-order valence-electron chi connectivity index (χ3n) is 3.21. The summed E-state index contributed by atoms with van der Waals surface area (Å²) in [6.07, 6.45) is 0. The molecule has 0 saturated heterocycles. The van der Waals surface area contributed by atoms with Gasteiger partial charge in [-0.3, -0.25) is 0 Å². The van der Waals surface area contributed by atoms with Gasteiger partial charge in [0.2, 0.25) is 5.72 Å². The van der Waals surface area contributed by atoms with E-state index in [2.05, 4.69) is 10.3 Å². The quantitative estimate of drug-likeness (QED) is 0.831. The average molecular weight is 239 g/mol. The van der Waals surface area contributed by atoms with Crippen LogP contribution in [0.25, 0.3) is 0 Å². The molecule has 1 aliphatic rings. The Hall–Kier alpha value is -2.20. The third-order valence-corrected chi connectivity index (χ3v) is 3.21. The molecule has 18 heavy (non-hydrogen) atoms. The molecule has 90 valence electrons. The van der Waals surface area contributed by atoms with Gasteiger partial charge in [-0.15, -0.1) is 5.11 Å². The topological polar surface area (TPSA) is 48.2 Å². The Labute approximate surface area is 105 Å². The minimum absolute atomic E-state index is 0.696. The van der Waals surface area contributed by atoms with Crippen molar-refractivity contribution in [2.24, 2.45) is 10.3 Å². The van der Waals surface area contributed by atoms with Crippen molar-refractivity contribution in [1.82, 2.24) is 5.01 Å². The van der Waals surface area contributed by atoms with Gasteiger partial charge in [0.1, 0.15) is 0 Å². The van der Waals surface area contributed by atoms with Gasteiger partial charge in [-0.25, -0.2) is 5.01 Å².